The Kier molecular flexibility index (Phi) is 3.33. The topological polar surface area (TPSA) is 37.3 Å². The van der Waals surface area contributed by atoms with Gasteiger partial charge in [-0.1, -0.05) is 18.5 Å². The Balaban J connectivity index is 2.74. The van der Waals surface area contributed by atoms with Gasteiger partial charge in [0.05, 0.1) is 10.9 Å². The van der Waals surface area contributed by atoms with E-state index in [1.807, 2.05) is 13.0 Å². The number of rotatable bonds is 3. The number of hydrogen-bond donors (Lipinski definition) is 1. The fourth-order valence-electron chi connectivity index (χ4n) is 1.04. The molecule has 1 atom stereocenters. The van der Waals surface area contributed by atoms with Crippen molar-refractivity contribution in [2.45, 2.75) is 20.3 Å². The van der Waals surface area contributed by atoms with Crippen LogP contribution in [0, 0.1) is 12.8 Å². The standard InChI is InChI=1S/C9H11ClO2S/c1-5(9(11)12)3-8-7(10)4-6(2)13-8/h4-5H,3H2,1-2H3,(H,11,12). The summed E-state index contributed by atoms with van der Waals surface area (Å²) in [6, 6.07) is 1.87. The molecule has 0 aliphatic carbocycles. The third-order valence-electron chi connectivity index (χ3n) is 1.79. The zero-order valence-corrected chi connectivity index (χ0v) is 9.08. The van der Waals surface area contributed by atoms with Crippen molar-refractivity contribution in [1.82, 2.24) is 0 Å². The molecule has 0 saturated heterocycles. The molecule has 0 aliphatic heterocycles. The van der Waals surface area contributed by atoms with Crippen molar-refractivity contribution >= 4 is 28.9 Å². The zero-order chi connectivity index (χ0) is 10.0. The Hall–Kier alpha value is -0.540. The Morgan fingerprint density at radius 1 is 1.77 bits per heavy atom. The van der Waals surface area contributed by atoms with Crippen molar-refractivity contribution in [3.8, 4) is 0 Å². The van der Waals surface area contributed by atoms with Gasteiger partial charge in [-0.3, -0.25) is 4.79 Å². The van der Waals surface area contributed by atoms with Crippen molar-refractivity contribution in [1.29, 1.82) is 0 Å². The average molecular weight is 219 g/mol. The van der Waals surface area contributed by atoms with Crippen LogP contribution in [-0.4, -0.2) is 11.1 Å². The highest BCUT2D eigenvalue weighted by atomic mass is 35.5. The SMILES string of the molecule is Cc1cc(Cl)c(CC(C)C(=O)O)s1. The lowest BCUT2D eigenvalue weighted by Gasteiger charge is -2.03. The minimum Gasteiger partial charge on any atom is -0.481 e. The number of aryl methyl sites for hydroxylation is 1. The van der Waals surface area contributed by atoms with E-state index in [1.165, 1.54) is 0 Å². The van der Waals surface area contributed by atoms with Crippen LogP contribution >= 0.6 is 22.9 Å². The lowest BCUT2D eigenvalue weighted by atomic mass is 10.1. The lowest BCUT2D eigenvalue weighted by Crippen LogP contribution is -2.11. The van der Waals surface area contributed by atoms with Gasteiger partial charge in [-0.2, -0.15) is 0 Å². The highest BCUT2D eigenvalue weighted by Gasteiger charge is 2.15. The van der Waals surface area contributed by atoms with Crippen molar-refractivity contribution < 1.29 is 9.90 Å². The lowest BCUT2D eigenvalue weighted by molar-refractivity contribution is -0.141. The van der Waals surface area contributed by atoms with E-state index in [4.69, 9.17) is 16.7 Å². The smallest absolute Gasteiger partial charge is 0.306 e. The fraction of sp³-hybridized carbons (Fsp3) is 0.444. The number of halogens is 1. The average Bonchev–Trinajstić information content (AvgIpc) is 2.30. The molecule has 72 valence electrons. The number of carboxylic acid groups (broad SMARTS) is 1. The van der Waals surface area contributed by atoms with E-state index in [2.05, 4.69) is 0 Å². The van der Waals surface area contributed by atoms with E-state index < -0.39 is 5.97 Å². The van der Waals surface area contributed by atoms with Crippen molar-refractivity contribution in [3.05, 3.63) is 20.8 Å². The van der Waals surface area contributed by atoms with Crippen LogP contribution in [-0.2, 0) is 11.2 Å². The molecule has 1 N–H and O–H groups in total. The van der Waals surface area contributed by atoms with E-state index in [0.29, 0.717) is 11.4 Å². The predicted molar refractivity (Wildman–Crippen MR) is 54.6 cm³/mol. The van der Waals surface area contributed by atoms with Crippen molar-refractivity contribution in [2.24, 2.45) is 5.92 Å². The van der Waals surface area contributed by atoms with Gasteiger partial charge in [0.2, 0.25) is 0 Å². The molecular formula is C9H11ClO2S. The van der Waals surface area contributed by atoms with Crippen molar-refractivity contribution in [3.63, 3.8) is 0 Å². The van der Waals surface area contributed by atoms with Crippen LogP contribution in [0.5, 0.6) is 0 Å². The molecule has 1 aromatic rings. The molecular weight excluding hydrogens is 208 g/mol. The third kappa shape index (κ3) is 2.71. The van der Waals surface area contributed by atoms with Gasteiger partial charge in [-0.05, 0) is 19.4 Å². The molecule has 0 bridgehead atoms. The molecule has 2 nitrogen and oxygen atoms in total. The first-order valence-corrected chi connectivity index (χ1v) is 5.17. The highest BCUT2D eigenvalue weighted by Crippen LogP contribution is 2.28. The number of aliphatic carboxylic acids is 1. The summed E-state index contributed by atoms with van der Waals surface area (Å²) >= 11 is 7.48. The van der Waals surface area contributed by atoms with E-state index in [0.717, 1.165) is 9.75 Å². The second kappa shape index (κ2) is 4.11. The molecule has 0 spiro atoms. The number of hydrogen-bond acceptors (Lipinski definition) is 2. The molecule has 0 amide bonds. The maximum atomic E-state index is 10.6. The Labute approximate surface area is 86.2 Å². The maximum Gasteiger partial charge on any atom is 0.306 e. The van der Waals surface area contributed by atoms with Gasteiger partial charge in [0.15, 0.2) is 0 Å². The first kappa shape index (κ1) is 10.5. The normalized spacial score (nSPS) is 12.8. The summed E-state index contributed by atoms with van der Waals surface area (Å²) in [6.45, 7) is 3.65. The second-order valence-electron chi connectivity index (χ2n) is 3.07. The monoisotopic (exact) mass is 218 g/mol. The minimum absolute atomic E-state index is 0.365. The molecule has 0 aliphatic rings. The van der Waals surface area contributed by atoms with E-state index in [-0.39, 0.29) is 5.92 Å². The highest BCUT2D eigenvalue weighted by molar-refractivity contribution is 7.12. The molecule has 1 rings (SSSR count). The molecule has 0 saturated carbocycles. The zero-order valence-electron chi connectivity index (χ0n) is 7.50. The van der Waals surface area contributed by atoms with Crippen LogP contribution in [0.3, 0.4) is 0 Å². The molecule has 1 heterocycles. The van der Waals surface area contributed by atoms with Gasteiger partial charge in [-0.25, -0.2) is 0 Å². The van der Waals surface area contributed by atoms with Crippen LogP contribution in [0.2, 0.25) is 5.02 Å². The third-order valence-corrected chi connectivity index (χ3v) is 3.32. The molecule has 13 heavy (non-hydrogen) atoms. The largest absolute Gasteiger partial charge is 0.481 e. The maximum absolute atomic E-state index is 10.6. The van der Waals surface area contributed by atoms with Crippen LogP contribution in [0.25, 0.3) is 0 Å². The molecule has 0 radical (unpaired) electrons. The minimum atomic E-state index is -0.776. The Morgan fingerprint density at radius 2 is 2.38 bits per heavy atom. The molecule has 4 heteroatoms. The van der Waals surface area contributed by atoms with E-state index >= 15 is 0 Å². The Bertz CT molecular complexity index is 319. The quantitative estimate of drug-likeness (QED) is 0.847. The molecule has 0 fully saturated rings. The van der Waals surface area contributed by atoms with Gasteiger partial charge in [0.25, 0.3) is 0 Å². The first-order chi connectivity index (χ1) is 6.00. The summed E-state index contributed by atoms with van der Waals surface area (Å²) in [4.78, 5) is 12.7. The number of thiophene rings is 1. The van der Waals surface area contributed by atoms with Crippen LogP contribution < -0.4 is 0 Å². The summed E-state index contributed by atoms with van der Waals surface area (Å²) in [7, 11) is 0. The molecule has 0 aromatic carbocycles. The molecule has 1 unspecified atom stereocenters. The van der Waals surface area contributed by atoms with Crippen LogP contribution in [0.15, 0.2) is 6.07 Å². The Morgan fingerprint density at radius 3 is 2.77 bits per heavy atom. The predicted octanol–water partition coefficient (Wildman–Crippen LogP) is 2.97. The number of carboxylic acids is 1. The second-order valence-corrected chi connectivity index (χ2v) is 4.82. The van der Waals surface area contributed by atoms with E-state index in [1.54, 1.807) is 18.3 Å². The van der Waals surface area contributed by atoms with Gasteiger partial charge < -0.3 is 5.11 Å². The van der Waals surface area contributed by atoms with Crippen LogP contribution in [0.1, 0.15) is 16.7 Å². The van der Waals surface area contributed by atoms with Gasteiger partial charge in [0.1, 0.15) is 0 Å². The number of carbonyl (C=O) groups is 1. The summed E-state index contributed by atoms with van der Waals surface area (Å²) < 4.78 is 0. The molecule has 1 aromatic heterocycles. The van der Waals surface area contributed by atoms with Gasteiger partial charge >= 0.3 is 5.97 Å². The van der Waals surface area contributed by atoms with E-state index in [9.17, 15) is 4.79 Å². The summed E-state index contributed by atoms with van der Waals surface area (Å²) in [6.07, 6.45) is 0.521. The van der Waals surface area contributed by atoms with Crippen molar-refractivity contribution in [2.75, 3.05) is 0 Å². The van der Waals surface area contributed by atoms with Crippen LogP contribution in [0.4, 0.5) is 0 Å². The summed E-state index contributed by atoms with van der Waals surface area (Å²) in [5, 5.41) is 9.39. The first-order valence-electron chi connectivity index (χ1n) is 3.98. The summed E-state index contributed by atoms with van der Waals surface area (Å²) in [5.41, 5.74) is 0. The summed E-state index contributed by atoms with van der Waals surface area (Å²) in [5.74, 6) is -1.14. The fourth-order valence-corrected chi connectivity index (χ4v) is 2.51. The van der Waals surface area contributed by atoms with Gasteiger partial charge in [-0.15, -0.1) is 11.3 Å². The van der Waals surface area contributed by atoms with Gasteiger partial charge in [0, 0.05) is 9.75 Å².